The van der Waals surface area contributed by atoms with E-state index in [4.69, 9.17) is 16.5 Å². The van der Waals surface area contributed by atoms with Crippen LogP contribution in [0.4, 0.5) is 4.79 Å². The smallest absolute Gasteiger partial charge is 0.309 e. The van der Waals surface area contributed by atoms with Crippen LogP contribution in [0.15, 0.2) is 0 Å². The molecule has 10 N–H and O–H groups in total. The molecule has 0 aromatic carbocycles. The van der Waals surface area contributed by atoms with Gasteiger partial charge in [-0.15, -0.1) is 0 Å². The first-order valence-electron chi connectivity index (χ1n) is 4.47. The van der Waals surface area contributed by atoms with E-state index in [1.807, 2.05) is 10.9 Å². The molecule has 16 heavy (non-hydrogen) atoms. The number of amides is 4. The maximum Gasteiger partial charge on any atom is 0.309 e. The van der Waals surface area contributed by atoms with E-state index in [0.29, 0.717) is 25.7 Å². The second-order valence-electron chi connectivity index (χ2n) is 2.74. The lowest BCUT2D eigenvalue weighted by molar-refractivity contribution is -0.123. The van der Waals surface area contributed by atoms with Crippen molar-refractivity contribution in [3.63, 3.8) is 0 Å². The Labute approximate surface area is 92.8 Å². The largest absolute Gasteiger partial charge is 0.352 e. The summed E-state index contributed by atoms with van der Waals surface area (Å²) in [6, 6.07) is -0.833. The first-order valence-corrected chi connectivity index (χ1v) is 4.47. The van der Waals surface area contributed by atoms with Crippen molar-refractivity contribution in [1.82, 2.24) is 10.9 Å². The van der Waals surface area contributed by atoms with Crippen molar-refractivity contribution in [3.8, 4) is 0 Å². The summed E-state index contributed by atoms with van der Waals surface area (Å²) < 4.78 is 0. The number of nitrogens with one attached hydrogen (secondary N) is 2. The zero-order valence-corrected chi connectivity index (χ0v) is 8.86. The van der Waals surface area contributed by atoms with E-state index >= 15 is 0 Å². The van der Waals surface area contributed by atoms with Gasteiger partial charge in [0.15, 0.2) is 0 Å². The molecular formula is C7H18N6O3. The van der Waals surface area contributed by atoms with Gasteiger partial charge in [-0.05, 0) is 12.8 Å². The van der Waals surface area contributed by atoms with Gasteiger partial charge in [0.1, 0.15) is 0 Å². The van der Waals surface area contributed by atoms with Crippen LogP contribution in [-0.2, 0) is 9.59 Å². The van der Waals surface area contributed by atoms with E-state index in [-0.39, 0.29) is 11.8 Å². The SMILES string of the molecule is NC(N)=O.NNC(=O)CCCCC(=O)NN. The summed E-state index contributed by atoms with van der Waals surface area (Å²) in [6.45, 7) is 0. The molecule has 9 nitrogen and oxygen atoms in total. The zero-order valence-electron chi connectivity index (χ0n) is 8.86. The topological polar surface area (TPSA) is 179 Å². The summed E-state index contributed by atoms with van der Waals surface area (Å²) in [5.41, 5.74) is 12.5. The van der Waals surface area contributed by atoms with Crippen molar-refractivity contribution in [2.45, 2.75) is 25.7 Å². The first-order chi connectivity index (χ1) is 7.43. The summed E-state index contributed by atoms with van der Waals surface area (Å²) in [7, 11) is 0. The normalized spacial score (nSPS) is 8.38. The average Bonchev–Trinajstić information content (AvgIpc) is 2.22. The summed E-state index contributed by atoms with van der Waals surface area (Å²) >= 11 is 0. The minimum Gasteiger partial charge on any atom is -0.352 e. The highest BCUT2D eigenvalue weighted by atomic mass is 16.2. The molecule has 0 fully saturated rings. The van der Waals surface area contributed by atoms with Gasteiger partial charge < -0.3 is 11.5 Å². The highest BCUT2D eigenvalue weighted by Crippen LogP contribution is 1.98. The van der Waals surface area contributed by atoms with Gasteiger partial charge in [0, 0.05) is 12.8 Å². The molecule has 4 amide bonds. The fourth-order valence-corrected chi connectivity index (χ4v) is 0.715. The lowest BCUT2D eigenvalue weighted by Gasteiger charge is -1.99. The van der Waals surface area contributed by atoms with E-state index in [1.165, 1.54) is 0 Å². The van der Waals surface area contributed by atoms with Crippen molar-refractivity contribution in [3.05, 3.63) is 0 Å². The molecule has 0 unspecified atom stereocenters. The van der Waals surface area contributed by atoms with Crippen molar-refractivity contribution in [2.75, 3.05) is 0 Å². The molecule has 0 aromatic rings. The third-order valence-electron chi connectivity index (χ3n) is 1.38. The van der Waals surface area contributed by atoms with Crippen molar-refractivity contribution in [1.29, 1.82) is 0 Å². The van der Waals surface area contributed by atoms with Gasteiger partial charge >= 0.3 is 6.03 Å². The molecule has 0 aromatic heterocycles. The van der Waals surface area contributed by atoms with Crippen LogP contribution in [0.2, 0.25) is 0 Å². The maximum absolute atomic E-state index is 10.6. The Morgan fingerprint density at radius 3 is 1.25 bits per heavy atom. The van der Waals surface area contributed by atoms with Crippen LogP contribution in [0.1, 0.15) is 25.7 Å². The average molecular weight is 234 g/mol. The van der Waals surface area contributed by atoms with Crippen LogP contribution in [0.25, 0.3) is 0 Å². The highest BCUT2D eigenvalue weighted by molar-refractivity contribution is 5.76. The number of unbranched alkanes of at least 4 members (excludes halogenated alkanes) is 1. The molecule has 0 aliphatic heterocycles. The van der Waals surface area contributed by atoms with Crippen LogP contribution in [-0.4, -0.2) is 17.8 Å². The van der Waals surface area contributed by atoms with Crippen molar-refractivity contribution < 1.29 is 14.4 Å². The van der Waals surface area contributed by atoms with E-state index in [0.717, 1.165) is 0 Å². The van der Waals surface area contributed by atoms with Gasteiger partial charge in [-0.2, -0.15) is 0 Å². The number of carbonyl (C=O) groups is 3. The summed E-state index contributed by atoms with van der Waals surface area (Å²) in [6.07, 6.45) is 1.95. The van der Waals surface area contributed by atoms with E-state index in [2.05, 4.69) is 11.5 Å². The number of hydrogen-bond donors (Lipinski definition) is 6. The molecule has 0 spiro atoms. The van der Waals surface area contributed by atoms with Crippen LogP contribution in [0.5, 0.6) is 0 Å². The molecule has 9 heteroatoms. The van der Waals surface area contributed by atoms with Gasteiger partial charge in [0.2, 0.25) is 11.8 Å². The molecule has 0 rings (SSSR count). The van der Waals surface area contributed by atoms with Gasteiger partial charge in [-0.1, -0.05) is 0 Å². The Bertz CT molecular complexity index is 210. The molecule has 0 saturated carbocycles. The van der Waals surface area contributed by atoms with E-state index in [1.54, 1.807) is 0 Å². The Kier molecular flexibility index (Phi) is 11.6. The Morgan fingerprint density at radius 2 is 1.06 bits per heavy atom. The molecule has 0 aliphatic carbocycles. The molecule has 94 valence electrons. The number of primary amides is 2. The Hall–Kier alpha value is -1.87. The predicted molar refractivity (Wildman–Crippen MR) is 56.9 cm³/mol. The maximum atomic E-state index is 10.6. The second-order valence-corrected chi connectivity index (χ2v) is 2.74. The quantitative estimate of drug-likeness (QED) is 0.133. The van der Waals surface area contributed by atoms with E-state index in [9.17, 15) is 9.59 Å². The Morgan fingerprint density at radius 1 is 0.812 bits per heavy atom. The monoisotopic (exact) mass is 234 g/mol. The fraction of sp³-hybridized carbons (Fsp3) is 0.571. The van der Waals surface area contributed by atoms with E-state index < -0.39 is 6.03 Å². The lowest BCUT2D eigenvalue weighted by Crippen LogP contribution is -2.30. The van der Waals surface area contributed by atoms with Gasteiger partial charge in [-0.3, -0.25) is 20.4 Å². The van der Waals surface area contributed by atoms with Crippen molar-refractivity contribution in [2.24, 2.45) is 23.2 Å². The minimum absolute atomic E-state index is 0.219. The summed E-state index contributed by atoms with van der Waals surface area (Å²) in [5, 5.41) is 0. The number of carbonyl (C=O) groups excluding carboxylic acids is 3. The number of nitrogens with two attached hydrogens (primary N) is 4. The summed E-state index contributed by atoms with van der Waals surface area (Å²) in [4.78, 5) is 30.1. The van der Waals surface area contributed by atoms with Gasteiger partial charge in [0.25, 0.3) is 0 Å². The van der Waals surface area contributed by atoms with Crippen LogP contribution in [0, 0.1) is 0 Å². The lowest BCUT2D eigenvalue weighted by atomic mass is 10.2. The molecule has 0 saturated heterocycles. The van der Waals surface area contributed by atoms with Crippen LogP contribution >= 0.6 is 0 Å². The molecule has 0 heterocycles. The van der Waals surface area contributed by atoms with Crippen LogP contribution < -0.4 is 34.0 Å². The third-order valence-corrected chi connectivity index (χ3v) is 1.38. The molecule has 0 atom stereocenters. The molecule has 0 aliphatic rings. The number of rotatable bonds is 5. The number of urea groups is 1. The zero-order chi connectivity index (χ0) is 13.0. The standard InChI is InChI=1S/C6H14N4O2.CH4N2O/c7-9-5(11)3-1-2-4-6(12)10-8;2-1(3)4/h1-4,7-8H2,(H,9,11)(H,10,12);(H4,2,3,4). The molecule has 0 radical (unpaired) electrons. The number of hydrogen-bond acceptors (Lipinski definition) is 5. The minimum atomic E-state index is -0.833. The fourth-order valence-electron chi connectivity index (χ4n) is 0.715. The number of hydrazine groups is 2. The van der Waals surface area contributed by atoms with Crippen LogP contribution in [0.3, 0.4) is 0 Å². The first kappa shape index (κ1) is 16.6. The Balaban J connectivity index is 0. The third kappa shape index (κ3) is 18.0. The van der Waals surface area contributed by atoms with Gasteiger partial charge in [-0.25, -0.2) is 16.5 Å². The summed E-state index contributed by atoms with van der Waals surface area (Å²) in [5.74, 6) is 9.24. The molecular weight excluding hydrogens is 216 g/mol. The highest BCUT2D eigenvalue weighted by Gasteiger charge is 2.00. The van der Waals surface area contributed by atoms with Crippen molar-refractivity contribution >= 4 is 17.8 Å². The molecule has 0 bridgehead atoms. The second kappa shape index (κ2) is 11.2. The van der Waals surface area contributed by atoms with Gasteiger partial charge in [0.05, 0.1) is 0 Å². The predicted octanol–water partition coefficient (Wildman–Crippen LogP) is -2.45.